The number of nitrogens with zero attached hydrogens (tertiary/aromatic N) is 1. The lowest BCUT2D eigenvalue weighted by Crippen LogP contribution is -2.65. The second-order valence-corrected chi connectivity index (χ2v) is 13.7. The number of likely N-dealkylation sites (N-methyl/N-ethyl adjacent to an activating group) is 1. The van der Waals surface area contributed by atoms with E-state index in [1.165, 1.54) is 0 Å². The molecule has 2 fully saturated rings. The molecule has 3 aliphatic carbocycles. The number of allylic oxidation sites excluding steroid dienone is 4. The van der Waals surface area contributed by atoms with Crippen LogP contribution in [0.15, 0.2) is 126 Å². The molecule has 252 valence electrons. The SMILES string of the molecule is C/C=C(/C(=C/C)c1ccc(O)cc1)c1ccc(O)cc1.CN1CC[C@]23C4=C5O[C@H]2[C@@H](O)C=C[C@H]3[C@H]1C(=O)C4=CCC5(O)Cc1ccccc1. The van der Waals surface area contributed by atoms with Gasteiger partial charge in [-0.05, 0) is 86.0 Å². The number of phenolic OH excluding ortho intramolecular Hbond substituents is 2. The summed E-state index contributed by atoms with van der Waals surface area (Å²) in [5.41, 5.74) is 5.24. The molecule has 2 aliphatic heterocycles. The molecule has 1 saturated heterocycles. The van der Waals surface area contributed by atoms with Gasteiger partial charge < -0.3 is 25.2 Å². The maximum Gasteiger partial charge on any atom is 0.180 e. The molecule has 7 nitrogen and oxygen atoms in total. The Morgan fingerprint density at radius 3 is 2.06 bits per heavy atom. The molecular weight excluding hydrogens is 614 g/mol. The number of rotatable bonds is 5. The number of hydrogen-bond acceptors (Lipinski definition) is 7. The Labute approximate surface area is 287 Å². The first-order valence-corrected chi connectivity index (χ1v) is 17.0. The van der Waals surface area contributed by atoms with Crippen LogP contribution < -0.4 is 0 Å². The predicted octanol–water partition coefficient (Wildman–Crippen LogP) is 6.37. The zero-order valence-corrected chi connectivity index (χ0v) is 28.1. The first kappa shape index (κ1) is 32.8. The molecule has 49 heavy (non-hydrogen) atoms. The fourth-order valence-corrected chi connectivity index (χ4v) is 8.73. The fraction of sp³-hybridized carbons (Fsp3) is 0.310. The normalized spacial score (nSPS) is 30.2. The van der Waals surface area contributed by atoms with Crippen LogP contribution in [-0.2, 0) is 16.0 Å². The van der Waals surface area contributed by atoms with E-state index in [2.05, 4.69) is 17.1 Å². The summed E-state index contributed by atoms with van der Waals surface area (Å²) in [4.78, 5) is 15.6. The Kier molecular flexibility index (Phi) is 8.47. The van der Waals surface area contributed by atoms with Crippen molar-refractivity contribution in [2.45, 2.75) is 57.0 Å². The second-order valence-electron chi connectivity index (χ2n) is 13.7. The van der Waals surface area contributed by atoms with Crippen LogP contribution >= 0.6 is 0 Å². The monoisotopic (exact) mass is 657 g/mol. The number of Topliss-reactive ketones (excluding diaryl/α,β-unsaturated/α-hetero) is 1. The van der Waals surface area contributed by atoms with Crippen LogP contribution in [0.1, 0.15) is 43.4 Å². The van der Waals surface area contributed by atoms with Gasteiger partial charge in [0.05, 0.1) is 6.04 Å². The average Bonchev–Trinajstić information content (AvgIpc) is 3.47. The van der Waals surface area contributed by atoms with E-state index in [1.54, 1.807) is 30.3 Å². The molecule has 5 aliphatic rings. The van der Waals surface area contributed by atoms with Crippen LogP contribution in [0.5, 0.6) is 11.5 Å². The van der Waals surface area contributed by atoms with E-state index in [1.807, 2.05) is 87.6 Å². The summed E-state index contributed by atoms with van der Waals surface area (Å²) >= 11 is 0. The summed E-state index contributed by atoms with van der Waals surface area (Å²) in [5, 5.41) is 41.3. The molecule has 6 atom stereocenters. The highest BCUT2D eigenvalue weighted by Gasteiger charge is 2.69. The van der Waals surface area contributed by atoms with E-state index in [-0.39, 0.29) is 29.2 Å². The van der Waals surface area contributed by atoms with Crippen molar-refractivity contribution in [1.82, 2.24) is 4.90 Å². The number of aliphatic hydroxyl groups is 2. The van der Waals surface area contributed by atoms with Crippen molar-refractivity contribution in [2.24, 2.45) is 11.3 Å². The number of likely N-dealkylation sites (tertiary alicyclic amines) is 1. The Morgan fingerprint density at radius 2 is 1.49 bits per heavy atom. The summed E-state index contributed by atoms with van der Waals surface area (Å²) in [7, 11) is 2.00. The van der Waals surface area contributed by atoms with Gasteiger partial charge >= 0.3 is 0 Å². The lowest BCUT2D eigenvalue weighted by molar-refractivity contribution is -0.136. The third-order valence-corrected chi connectivity index (χ3v) is 11.0. The number of carbonyl (C=O) groups is 1. The lowest BCUT2D eigenvalue weighted by atomic mass is 9.50. The van der Waals surface area contributed by atoms with Gasteiger partial charge in [-0.2, -0.15) is 0 Å². The number of ether oxygens (including phenoxy) is 1. The fourth-order valence-electron chi connectivity index (χ4n) is 8.73. The van der Waals surface area contributed by atoms with Gasteiger partial charge in [-0.15, -0.1) is 0 Å². The molecule has 1 spiro atoms. The summed E-state index contributed by atoms with van der Waals surface area (Å²) in [6.07, 6.45) is 10.2. The van der Waals surface area contributed by atoms with Gasteiger partial charge in [-0.3, -0.25) is 9.69 Å². The van der Waals surface area contributed by atoms with Crippen molar-refractivity contribution < 1.29 is 30.0 Å². The van der Waals surface area contributed by atoms with Gasteiger partial charge in [-0.1, -0.05) is 85.0 Å². The Balaban J connectivity index is 0.000000167. The largest absolute Gasteiger partial charge is 0.508 e. The van der Waals surface area contributed by atoms with E-state index >= 15 is 0 Å². The third kappa shape index (κ3) is 5.37. The highest BCUT2D eigenvalue weighted by Crippen LogP contribution is 2.65. The van der Waals surface area contributed by atoms with E-state index in [0.29, 0.717) is 24.2 Å². The quantitative estimate of drug-likeness (QED) is 0.187. The minimum absolute atomic E-state index is 0.0362. The molecule has 0 radical (unpaired) electrons. The van der Waals surface area contributed by atoms with Crippen molar-refractivity contribution in [2.75, 3.05) is 13.6 Å². The highest BCUT2D eigenvalue weighted by atomic mass is 16.5. The van der Waals surface area contributed by atoms with Crippen molar-refractivity contribution in [1.29, 1.82) is 0 Å². The Bertz CT molecular complexity index is 1840. The number of benzene rings is 3. The Morgan fingerprint density at radius 1 is 0.898 bits per heavy atom. The van der Waals surface area contributed by atoms with Crippen LogP contribution in [0, 0.1) is 11.3 Å². The number of aliphatic hydroxyl groups excluding tert-OH is 1. The molecule has 3 aromatic carbocycles. The van der Waals surface area contributed by atoms with Gasteiger partial charge in [-0.25, -0.2) is 0 Å². The molecule has 7 heteroatoms. The topological polar surface area (TPSA) is 110 Å². The van der Waals surface area contributed by atoms with Crippen molar-refractivity contribution >= 4 is 16.9 Å². The summed E-state index contributed by atoms with van der Waals surface area (Å²) in [6.45, 7) is 4.76. The van der Waals surface area contributed by atoms with E-state index in [0.717, 1.165) is 46.4 Å². The molecule has 1 unspecified atom stereocenters. The number of ketones is 1. The number of phenols is 2. The Hall–Kier alpha value is -4.69. The van der Waals surface area contributed by atoms with E-state index < -0.39 is 23.2 Å². The smallest absolute Gasteiger partial charge is 0.180 e. The average molecular weight is 658 g/mol. The number of aromatic hydroxyl groups is 2. The molecule has 8 rings (SSSR count). The molecule has 3 aromatic rings. The molecule has 0 amide bonds. The van der Waals surface area contributed by atoms with Crippen LogP contribution in [0.3, 0.4) is 0 Å². The van der Waals surface area contributed by atoms with Gasteiger partial charge in [0.1, 0.15) is 35.1 Å². The highest BCUT2D eigenvalue weighted by molar-refractivity contribution is 6.07. The number of carbonyl (C=O) groups excluding carboxylic acids is 1. The van der Waals surface area contributed by atoms with Gasteiger partial charge in [0, 0.05) is 35.3 Å². The van der Waals surface area contributed by atoms with E-state index in [9.17, 15) is 25.2 Å². The molecule has 1 saturated carbocycles. The van der Waals surface area contributed by atoms with Crippen LogP contribution in [-0.4, -0.2) is 68.6 Å². The number of piperidine rings is 1. The van der Waals surface area contributed by atoms with Crippen molar-refractivity contribution in [3.8, 4) is 11.5 Å². The summed E-state index contributed by atoms with van der Waals surface area (Å²) in [5.74, 6) is 1.12. The van der Waals surface area contributed by atoms with Crippen molar-refractivity contribution in [3.63, 3.8) is 0 Å². The first-order valence-electron chi connectivity index (χ1n) is 17.0. The molecule has 2 bridgehead atoms. The van der Waals surface area contributed by atoms with Gasteiger partial charge in [0.15, 0.2) is 5.78 Å². The summed E-state index contributed by atoms with van der Waals surface area (Å²) < 4.78 is 6.43. The van der Waals surface area contributed by atoms with Crippen LogP contribution in [0.25, 0.3) is 11.1 Å². The van der Waals surface area contributed by atoms with Gasteiger partial charge in [0.25, 0.3) is 0 Å². The second kappa shape index (κ2) is 12.6. The minimum Gasteiger partial charge on any atom is -0.508 e. The zero-order chi connectivity index (χ0) is 34.5. The van der Waals surface area contributed by atoms with Crippen LogP contribution in [0.2, 0.25) is 0 Å². The first-order chi connectivity index (χ1) is 23.6. The molecular formula is C42H43NO6. The molecule has 4 N–H and O–H groups in total. The van der Waals surface area contributed by atoms with Crippen LogP contribution in [0.4, 0.5) is 0 Å². The third-order valence-electron chi connectivity index (χ3n) is 11.0. The van der Waals surface area contributed by atoms with E-state index in [4.69, 9.17) is 4.74 Å². The van der Waals surface area contributed by atoms with Crippen molar-refractivity contribution in [3.05, 3.63) is 143 Å². The standard InChI is InChI=1S/C24H25NO4.C18H18O2/c1-25-12-11-24-16-7-8-17(26)21(24)29-22-18(24)15(20(27)19(16)25)9-10-23(22,28)13-14-5-3-2-4-6-14;1-3-17(13-5-9-15(19)10-6-13)18(4-2)14-7-11-16(20)12-8-14/h2-9,16-17,19,21,26,28H,10-13H2,1H3;3-12,19-20H,1-2H3/b;17-3+,18-4+/t16-,17-,19-,21-,23?,24-;/m0./s1. The summed E-state index contributed by atoms with van der Waals surface area (Å²) in [6, 6.07) is 24.0. The molecule has 0 aromatic heterocycles. The lowest BCUT2D eigenvalue weighted by Gasteiger charge is -2.57. The maximum atomic E-state index is 13.5. The predicted molar refractivity (Wildman–Crippen MR) is 190 cm³/mol. The number of hydrogen-bond donors (Lipinski definition) is 4. The maximum absolute atomic E-state index is 13.5. The minimum atomic E-state index is -1.20. The molecule has 2 heterocycles. The van der Waals surface area contributed by atoms with Gasteiger partial charge in [0.2, 0.25) is 0 Å². The zero-order valence-electron chi connectivity index (χ0n) is 28.1.